The highest BCUT2D eigenvalue weighted by atomic mass is 32.2. The highest BCUT2D eigenvalue weighted by Gasteiger charge is 2.30. The van der Waals surface area contributed by atoms with Crippen molar-refractivity contribution in [1.82, 2.24) is 14.9 Å². The van der Waals surface area contributed by atoms with Gasteiger partial charge in [0, 0.05) is 37.1 Å². The number of anilines is 1. The molecule has 0 spiro atoms. The number of nitrogens with one attached hydrogen (secondary N) is 2. The van der Waals surface area contributed by atoms with Crippen LogP contribution < -0.4 is 5.32 Å². The molecule has 1 saturated carbocycles. The first-order valence-electron chi connectivity index (χ1n) is 10.1. The van der Waals surface area contributed by atoms with Gasteiger partial charge in [-0.05, 0) is 41.7 Å². The summed E-state index contributed by atoms with van der Waals surface area (Å²) in [6.45, 7) is 2.68. The smallest absolute Gasteiger partial charge is 0.228 e. The zero-order valence-corrected chi connectivity index (χ0v) is 17.0. The Balaban J connectivity index is 1.38. The van der Waals surface area contributed by atoms with Crippen molar-refractivity contribution >= 4 is 33.9 Å². The third-order valence-electron chi connectivity index (χ3n) is 5.67. The van der Waals surface area contributed by atoms with Gasteiger partial charge >= 0.3 is 0 Å². The molecular weight excluding hydrogens is 384 g/mol. The molecule has 3 heterocycles. The Morgan fingerprint density at radius 1 is 1.21 bits per heavy atom. The van der Waals surface area contributed by atoms with Crippen LogP contribution in [0.2, 0.25) is 0 Å². The van der Waals surface area contributed by atoms with Crippen LogP contribution in [-0.2, 0) is 22.5 Å². The second-order valence-corrected chi connectivity index (χ2v) is 9.58. The van der Waals surface area contributed by atoms with E-state index in [1.54, 1.807) is 0 Å². The summed E-state index contributed by atoms with van der Waals surface area (Å²) in [5.41, 5.74) is 4.19. The molecule has 2 N–H and O–H groups in total. The molecule has 150 valence electrons. The van der Waals surface area contributed by atoms with E-state index in [0.717, 1.165) is 66.1 Å². The third kappa shape index (κ3) is 4.17. The van der Waals surface area contributed by atoms with Crippen LogP contribution in [0.15, 0.2) is 42.6 Å². The van der Waals surface area contributed by atoms with Crippen molar-refractivity contribution in [2.45, 2.75) is 19.4 Å². The second-order valence-electron chi connectivity index (χ2n) is 7.88. The van der Waals surface area contributed by atoms with Gasteiger partial charge in [0.05, 0.1) is 0 Å². The Hall–Kier alpha value is -2.35. The van der Waals surface area contributed by atoms with Crippen molar-refractivity contribution in [3.63, 3.8) is 0 Å². The Morgan fingerprint density at radius 2 is 1.97 bits per heavy atom. The minimum absolute atomic E-state index is 0.0622. The summed E-state index contributed by atoms with van der Waals surface area (Å²) < 4.78 is 11.5. The minimum atomic E-state index is -0.643. The standard InChI is InChI=1S/C22H24N4O2S/c27-22(17-5-6-17)25-20-13-19(18-7-8-23-21(18)24-20)16-3-1-15(2-4-16)14-26-9-11-29(28)12-10-26/h1-4,7-8,13,17H,5-6,9-12,14H2,(H2,23,24,25,27). The van der Waals surface area contributed by atoms with E-state index < -0.39 is 11.2 Å². The van der Waals surface area contributed by atoms with E-state index in [1.807, 2.05) is 18.3 Å². The van der Waals surface area contributed by atoms with Crippen molar-refractivity contribution in [3.8, 4) is 11.1 Å². The van der Waals surface area contributed by atoms with Crippen LogP contribution >= 0.6 is 0 Å². The predicted molar refractivity (Wildman–Crippen MR) is 116 cm³/mol. The highest BCUT2D eigenvalue weighted by molar-refractivity contribution is 7.91. The number of pyridine rings is 1. The number of aromatic nitrogens is 2. The maximum Gasteiger partial charge on any atom is 0.228 e. The number of carbonyl (C=O) groups excluding carboxylic acids is 1. The van der Waals surface area contributed by atoms with Gasteiger partial charge < -0.3 is 14.9 Å². The summed E-state index contributed by atoms with van der Waals surface area (Å²) >= 11 is -0.643. The quantitative estimate of drug-likeness (QED) is 0.635. The first-order valence-corrected chi connectivity index (χ1v) is 11.6. The molecule has 1 amide bonds. The van der Waals surface area contributed by atoms with Crippen LogP contribution in [0.1, 0.15) is 18.4 Å². The van der Waals surface area contributed by atoms with Gasteiger partial charge in [0.1, 0.15) is 23.0 Å². The topological polar surface area (TPSA) is 84.1 Å². The van der Waals surface area contributed by atoms with Crippen LogP contribution in [0.25, 0.3) is 22.2 Å². The summed E-state index contributed by atoms with van der Waals surface area (Å²) in [5, 5.41) is 4.01. The number of amides is 1. The van der Waals surface area contributed by atoms with Gasteiger partial charge in [-0.15, -0.1) is 0 Å². The normalized spacial score (nSPS) is 18.2. The lowest BCUT2D eigenvalue weighted by Gasteiger charge is -2.28. The number of H-pyrrole nitrogens is 1. The summed E-state index contributed by atoms with van der Waals surface area (Å²) in [4.78, 5) is 22.2. The van der Waals surface area contributed by atoms with Gasteiger partial charge in [-0.3, -0.25) is 9.69 Å². The van der Waals surface area contributed by atoms with E-state index in [1.165, 1.54) is 5.56 Å². The Labute approximate surface area is 172 Å². The van der Waals surface area contributed by atoms with E-state index in [2.05, 4.69) is 44.5 Å². The number of nitrogens with zero attached hydrogens (tertiary/aromatic N) is 2. The zero-order chi connectivity index (χ0) is 19.8. The lowest BCUT2D eigenvalue weighted by Crippen LogP contribution is -2.39. The van der Waals surface area contributed by atoms with Gasteiger partial charge in [-0.1, -0.05) is 35.4 Å². The number of fused-ring (bicyclic) bond motifs is 1. The van der Waals surface area contributed by atoms with Gasteiger partial charge in [-0.2, -0.15) is 0 Å². The van der Waals surface area contributed by atoms with Gasteiger partial charge in [0.15, 0.2) is 0 Å². The number of benzene rings is 1. The van der Waals surface area contributed by atoms with Crippen LogP contribution in [0.3, 0.4) is 0 Å². The van der Waals surface area contributed by atoms with Gasteiger partial charge in [0.25, 0.3) is 0 Å². The molecule has 1 saturated heterocycles. The molecule has 2 aliphatic rings. The monoisotopic (exact) mass is 408 g/mol. The van der Waals surface area contributed by atoms with Crippen LogP contribution in [0, 0.1) is 5.92 Å². The molecule has 7 heteroatoms. The lowest BCUT2D eigenvalue weighted by molar-refractivity contribution is -0.117. The van der Waals surface area contributed by atoms with E-state index in [-0.39, 0.29) is 11.8 Å². The van der Waals surface area contributed by atoms with Crippen molar-refractivity contribution in [2.75, 3.05) is 29.9 Å². The molecule has 29 heavy (non-hydrogen) atoms. The van der Waals surface area contributed by atoms with E-state index >= 15 is 0 Å². The first kappa shape index (κ1) is 18.7. The molecule has 1 aliphatic carbocycles. The number of aromatic amines is 1. The zero-order valence-electron chi connectivity index (χ0n) is 16.2. The molecule has 0 bridgehead atoms. The molecule has 3 aromatic rings. The SMILES string of the molecule is O=C(Nc1cc(-c2ccc(CN3CC[S+]([O-])CC3)cc2)c2cc[nH]c2n1)C1CC1. The Bertz CT molecular complexity index is 1020. The number of hydrogen-bond donors (Lipinski definition) is 2. The predicted octanol–water partition coefficient (Wildman–Crippen LogP) is 3.14. The fraction of sp³-hybridized carbons (Fsp3) is 0.364. The van der Waals surface area contributed by atoms with Crippen LogP contribution in [-0.4, -0.2) is 49.9 Å². The lowest BCUT2D eigenvalue weighted by atomic mass is 10.0. The van der Waals surface area contributed by atoms with Crippen molar-refractivity contribution < 1.29 is 9.35 Å². The Morgan fingerprint density at radius 3 is 2.69 bits per heavy atom. The molecule has 5 rings (SSSR count). The van der Waals surface area contributed by atoms with Gasteiger partial charge in [-0.25, -0.2) is 4.98 Å². The molecule has 6 nitrogen and oxygen atoms in total. The summed E-state index contributed by atoms with van der Waals surface area (Å²) in [7, 11) is 0. The number of rotatable bonds is 5. The van der Waals surface area contributed by atoms with Gasteiger partial charge in [0.2, 0.25) is 5.91 Å². The fourth-order valence-corrected chi connectivity index (χ4v) is 4.92. The fourth-order valence-electron chi connectivity index (χ4n) is 3.80. The maximum atomic E-state index is 12.2. The van der Waals surface area contributed by atoms with Crippen molar-refractivity contribution in [3.05, 3.63) is 48.2 Å². The molecule has 2 aromatic heterocycles. The second kappa shape index (κ2) is 7.82. The maximum absolute atomic E-state index is 12.2. The van der Waals surface area contributed by atoms with Crippen LogP contribution in [0.4, 0.5) is 5.82 Å². The molecule has 1 aliphatic heterocycles. The summed E-state index contributed by atoms with van der Waals surface area (Å²) in [6, 6.07) is 12.6. The van der Waals surface area contributed by atoms with Crippen molar-refractivity contribution in [1.29, 1.82) is 0 Å². The first-order chi connectivity index (χ1) is 14.2. The van der Waals surface area contributed by atoms with E-state index in [9.17, 15) is 9.35 Å². The average molecular weight is 409 g/mol. The summed E-state index contributed by atoms with van der Waals surface area (Å²) in [6.07, 6.45) is 3.82. The van der Waals surface area contributed by atoms with Crippen LogP contribution in [0.5, 0.6) is 0 Å². The number of carbonyl (C=O) groups is 1. The largest absolute Gasteiger partial charge is 0.616 e. The molecule has 1 aromatic carbocycles. The molecular formula is C22H24N4O2S. The summed E-state index contributed by atoms with van der Waals surface area (Å²) in [5.74, 6) is 2.35. The highest BCUT2D eigenvalue weighted by Crippen LogP contribution is 2.33. The van der Waals surface area contributed by atoms with E-state index in [0.29, 0.717) is 5.82 Å². The molecule has 2 fully saturated rings. The average Bonchev–Trinajstić information content (AvgIpc) is 3.48. The molecule has 0 unspecified atom stereocenters. The third-order valence-corrected chi connectivity index (χ3v) is 6.95. The molecule has 0 atom stereocenters. The minimum Gasteiger partial charge on any atom is -0.616 e. The van der Waals surface area contributed by atoms with Crippen molar-refractivity contribution in [2.24, 2.45) is 5.92 Å². The van der Waals surface area contributed by atoms with E-state index in [4.69, 9.17) is 0 Å². The Kier molecular flexibility index (Phi) is 5.03. The number of hydrogen-bond acceptors (Lipinski definition) is 4. The molecule has 0 radical (unpaired) electrons.